The van der Waals surface area contributed by atoms with Gasteiger partial charge in [0.2, 0.25) is 0 Å². The van der Waals surface area contributed by atoms with Gasteiger partial charge in [0, 0.05) is 32.6 Å². The van der Waals surface area contributed by atoms with E-state index in [2.05, 4.69) is 37.3 Å². The van der Waals surface area contributed by atoms with Crippen molar-refractivity contribution in [2.45, 2.75) is 77.8 Å². The molecular weight excluding hydrogens is 312 g/mol. The summed E-state index contributed by atoms with van der Waals surface area (Å²) in [4.78, 5) is 4.44. The monoisotopic (exact) mass is 346 g/mol. The molecule has 1 aromatic heterocycles. The SMILES string of the molecule is CCCC1CCC(NC(=NC)NCC2CCc3nnc(C)n3C2)CC1. The molecule has 6 heteroatoms. The molecule has 0 radical (unpaired) electrons. The van der Waals surface area contributed by atoms with Crippen molar-refractivity contribution >= 4 is 5.96 Å². The molecule has 140 valence electrons. The van der Waals surface area contributed by atoms with E-state index in [4.69, 9.17) is 0 Å². The number of hydrogen-bond donors (Lipinski definition) is 2. The number of nitrogens with zero attached hydrogens (tertiary/aromatic N) is 4. The molecule has 0 bridgehead atoms. The van der Waals surface area contributed by atoms with E-state index in [0.717, 1.165) is 43.0 Å². The summed E-state index contributed by atoms with van der Waals surface area (Å²) in [5, 5.41) is 15.6. The lowest BCUT2D eigenvalue weighted by atomic mass is 9.83. The van der Waals surface area contributed by atoms with Crippen molar-refractivity contribution in [1.29, 1.82) is 0 Å². The van der Waals surface area contributed by atoms with Gasteiger partial charge in [0.25, 0.3) is 0 Å². The molecular formula is C19H34N6. The number of aryl methyl sites for hydroxylation is 2. The van der Waals surface area contributed by atoms with E-state index in [1.54, 1.807) is 0 Å². The van der Waals surface area contributed by atoms with E-state index in [-0.39, 0.29) is 0 Å². The van der Waals surface area contributed by atoms with Gasteiger partial charge >= 0.3 is 0 Å². The first-order valence-electron chi connectivity index (χ1n) is 10.1. The smallest absolute Gasteiger partial charge is 0.191 e. The van der Waals surface area contributed by atoms with E-state index in [9.17, 15) is 0 Å². The minimum absolute atomic E-state index is 0.581. The Labute approximate surface area is 151 Å². The summed E-state index contributed by atoms with van der Waals surface area (Å²) >= 11 is 0. The zero-order chi connectivity index (χ0) is 17.6. The van der Waals surface area contributed by atoms with Crippen molar-refractivity contribution in [3.05, 3.63) is 11.6 Å². The fourth-order valence-corrected chi connectivity index (χ4v) is 4.33. The number of fused-ring (bicyclic) bond motifs is 1. The van der Waals surface area contributed by atoms with Gasteiger partial charge in [-0.1, -0.05) is 19.8 Å². The van der Waals surface area contributed by atoms with Crippen LogP contribution in [0.1, 0.15) is 63.5 Å². The molecule has 1 aliphatic carbocycles. The summed E-state index contributed by atoms with van der Waals surface area (Å²) in [5.74, 6) is 4.69. The first-order valence-corrected chi connectivity index (χ1v) is 10.1. The lowest BCUT2D eigenvalue weighted by molar-refractivity contribution is 0.294. The molecule has 0 amide bonds. The minimum Gasteiger partial charge on any atom is -0.356 e. The summed E-state index contributed by atoms with van der Waals surface area (Å²) in [6.07, 6.45) is 10.2. The predicted octanol–water partition coefficient (Wildman–Crippen LogP) is 2.67. The lowest BCUT2D eigenvalue weighted by Gasteiger charge is -2.31. The first-order chi connectivity index (χ1) is 12.2. The van der Waals surface area contributed by atoms with Crippen LogP contribution in [-0.2, 0) is 13.0 Å². The first kappa shape index (κ1) is 18.2. The summed E-state index contributed by atoms with van der Waals surface area (Å²) in [7, 11) is 1.88. The number of guanidine groups is 1. The van der Waals surface area contributed by atoms with Gasteiger partial charge < -0.3 is 15.2 Å². The van der Waals surface area contributed by atoms with Gasteiger partial charge in [-0.2, -0.15) is 0 Å². The Hall–Kier alpha value is -1.59. The molecule has 0 aromatic carbocycles. The van der Waals surface area contributed by atoms with Gasteiger partial charge in [-0.25, -0.2) is 0 Å². The van der Waals surface area contributed by atoms with Crippen LogP contribution in [0.2, 0.25) is 0 Å². The van der Waals surface area contributed by atoms with Crippen LogP contribution < -0.4 is 10.6 Å². The Bertz CT molecular complexity index is 570. The highest BCUT2D eigenvalue weighted by Crippen LogP contribution is 2.27. The number of aromatic nitrogens is 3. The highest BCUT2D eigenvalue weighted by atomic mass is 15.3. The Morgan fingerprint density at radius 3 is 2.68 bits per heavy atom. The fourth-order valence-electron chi connectivity index (χ4n) is 4.33. The van der Waals surface area contributed by atoms with Gasteiger partial charge in [0.15, 0.2) is 5.96 Å². The van der Waals surface area contributed by atoms with Gasteiger partial charge in [0.1, 0.15) is 11.6 Å². The topological polar surface area (TPSA) is 67.1 Å². The second-order valence-corrected chi connectivity index (χ2v) is 7.78. The molecule has 25 heavy (non-hydrogen) atoms. The molecule has 6 nitrogen and oxygen atoms in total. The molecule has 2 N–H and O–H groups in total. The maximum Gasteiger partial charge on any atom is 0.191 e. The van der Waals surface area contributed by atoms with Crippen molar-refractivity contribution in [3.63, 3.8) is 0 Å². The van der Waals surface area contributed by atoms with Gasteiger partial charge in [-0.3, -0.25) is 4.99 Å². The second kappa shape index (κ2) is 8.68. The van der Waals surface area contributed by atoms with Crippen LogP contribution >= 0.6 is 0 Å². The minimum atomic E-state index is 0.581. The normalized spacial score (nSPS) is 27.0. The lowest BCUT2D eigenvalue weighted by Crippen LogP contribution is -2.46. The molecule has 1 saturated carbocycles. The number of nitrogens with one attached hydrogen (secondary N) is 2. The summed E-state index contributed by atoms with van der Waals surface area (Å²) in [5.41, 5.74) is 0. The van der Waals surface area contributed by atoms with Crippen LogP contribution in [0.25, 0.3) is 0 Å². The molecule has 1 unspecified atom stereocenters. The van der Waals surface area contributed by atoms with Crippen LogP contribution in [-0.4, -0.2) is 40.4 Å². The van der Waals surface area contributed by atoms with Crippen LogP contribution in [0.5, 0.6) is 0 Å². The second-order valence-electron chi connectivity index (χ2n) is 7.78. The summed E-state index contributed by atoms with van der Waals surface area (Å²) in [6.45, 7) is 6.32. The van der Waals surface area contributed by atoms with Crippen molar-refractivity contribution in [2.24, 2.45) is 16.8 Å². The average Bonchev–Trinajstić information content (AvgIpc) is 3.01. The third-order valence-corrected chi connectivity index (χ3v) is 5.90. The largest absolute Gasteiger partial charge is 0.356 e. The van der Waals surface area contributed by atoms with Gasteiger partial charge in [-0.15, -0.1) is 10.2 Å². The van der Waals surface area contributed by atoms with Crippen LogP contribution in [0.4, 0.5) is 0 Å². The summed E-state index contributed by atoms with van der Waals surface area (Å²) in [6, 6.07) is 0.581. The molecule has 2 heterocycles. The third-order valence-electron chi connectivity index (χ3n) is 5.90. The van der Waals surface area contributed by atoms with Crippen LogP contribution in [0.3, 0.4) is 0 Å². The molecule has 1 atom stereocenters. The molecule has 0 saturated heterocycles. The van der Waals surface area contributed by atoms with E-state index >= 15 is 0 Å². The number of rotatable bonds is 5. The predicted molar refractivity (Wildman–Crippen MR) is 102 cm³/mol. The molecule has 2 aliphatic rings. The van der Waals surface area contributed by atoms with Gasteiger partial charge in [0.05, 0.1) is 0 Å². The van der Waals surface area contributed by atoms with Crippen molar-refractivity contribution in [3.8, 4) is 0 Å². The maximum atomic E-state index is 4.44. The molecule has 1 fully saturated rings. The number of aliphatic imine (C=N–C) groups is 1. The summed E-state index contributed by atoms with van der Waals surface area (Å²) < 4.78 is 2.26. The zero-order valence-corrected chi connectivity index (χ0v) is 16.1. The quantitative estimate of drug-likeness (QED) is 0.635. The van der Waals surface area contributed by atoms with E-state index < -0.39 is 0 Å². The van der Waals surface area contributed by atoms with Crippen molar-refractivity contribution in [1.82, 2.24) is 25.4 Å². The van der Waals surface area contributed by atoms with Crippen molar-refractivity contribution in [2.75, 3.05) is 13.6 Å². The molecule has 1 aliphatic heterocycles. The Balaban J connectivity index is 1.42. The highest BCUT2D eigenvalue weighted by Gasteiger charge is 2.23. The van der Waals surface area contributed by atoms with E-state index in [1.165, 1.54) is 44.9 Å². The molecule has 1 aromatic rings. The van der Waals surface area contributed by atoms with Crippen molar-refractivity contribution < 1.29 is 0 Å². The number of hydrogen-bond acceptors (Lipinski definition) is 3. The highest BCUT2D eigenvalue weighted by molar-refractivity contribution is 5.79. The maximum absolute atomic E-state index is 4.44. The van der Waals surface area contributed by atoms with Crippen LogP contribution in [0.15, 0.2) is 4.99 Å². The van der Waals surface area contributed by atoms with E-state index in [0.29, 0.717) is 12.0 Å². The fraction of sp³-hybridized carbons (Fsp3) is 0.842. The standard InChI is InChI=1S/C19H34N6/c1-4-5-15-6-9-17(10-7-15)22-19(20-3)21-12-16-8-11-18-24-23-14(2)25(18)13-16/h15-17H,4-13H2,1-3H3,(H2,20,21,22). The zero-order valence-electron chi connectivity index (χ0n) is 16.1. The average molecular weight is 347 g/mol. The Morgan fingerprint density at radius 2 is 1.96 bits per heavy atom. The van der Waals surface area contributed by atoms with Gasteiger partial charge in [-0.05, 0) is 50.9 Å². The Kier molecular flexibility index (Phi) is 6.32. The van der Waals surface area contributed by atoms with E-state index in [1.807, 2.05) is 14.0 Å². The molecule has 3 rings (SSSR count). The Morgan fingerprint density at radius 1 is 1.16 bits per heavy atom. The molecule has 0 spiro atoms. The van der Waals surface area contributed by atoms with Crippen LogP contribution in [0, 0.1) is 18.8 Å². The third kappa shape index (κ3) is 4.73.